The average Bonchev–Trinajstić information content (AvgIpc) is 3.51. The number of benzene rings is 4. The SMILES string of the molecule is COc1cccc(CNC(=O)[C@]2(CCS(=O)(=O)c3ccccc3)N=C(c3ccc(OCCCO)cc3)O[C@@H]2c2ccccc2)c1OC. The molecule has 1 aliphatic heterocycles. The van der Waals surface area contributed by atoms with Gasteiger partial charge in [0.1, 0.15) is 5.75 Å². The molecule has 4 aromatic carbocycles. The van der Waals surface area contributed by atoms with Gasteiger partial charge in [-0.2, -0.15) is 0 Å². The molecule has 0 spiro atoms. The number of aliphatic hydroxyl groups is 1. The van der Waals surface area contributed by atoms with Gasteiger partial charge in [-0.3, -0.25) is 4.79 Å². The summed E-state index contributed by atoms with van der Waals surface area (Å²) in [6.45, 7) is 0.456. The Labute approximate surface area is 274 Å². The van der Waals surface area contributed by atoms with Crippen LogP contribution < -0.4 is 19.5 Å². The van der Waals surface area contributed by atoms with Crippen LogP contribution in [0.4, 0.5) is 0 Å². The van der Waals surface area contributed by atoms with Crippen LogP contribution in [0.5, 0.6) is 17.2 Å². The maximum absolute atomic E-state index is 14.5. The highest BCUT2D eigenvalue weighted by Crippen LogP contribution is 2.43. The molecule has 0 fully saturated rings. The zero-order valence-corrected chi connectivity index (χ0v) is 27.1. The second-order valence-electron chi connectivity index (χ2n) is 10.9. The third-order valence-corrected chi connectivity index (χ3v) is 9.64. The molecule has 0 saturated carbocycles. The molecule has 0 aromatic heterocycles. The molecule has 5 rings (SSSR count). The number of para-hydroxylation sites is 1. The molecule has 246 valence electrons. The predicted octanol–water partition coefficient (Wildman–Crippen LogP) is 4.90. The van der Waals surface area contributed by atoms with E-state index in [4.69, 9.17) is 29.0 Å². The minimum absolute atomic E-state index is 0.0261. The van der Waals surface area contributed by atoms with E-state index in [1.807, 2.05) is 36.4 Å². The van der Waals surface area contributed by atoms with Gasteiger partial charge in [0, 0.05) is 37.1 Å². The van der Waals surface area contributed by atoms with E-state index in [-0.39, 0.29) is 36.1 Å². The molecule has 1 aliphatic rings. The normalized spacial score (nSPS) is 17.3. The van der Waals surface area contributed by atoms with Crippen LogP contribution >= 0.6 is 0 Å². The van der Waals surface area contributed by atoms with Gasteiger partial charge >= 0.3 is 0 Å². The second-order valence-corrected chi connectivity index (χ2v) is 13.0. The Morgan fingerprint density at radius 1 is 0.915 bits per heavy atom. The van der Waals surface area contributed by atoms with E-state index in [0.29, 0.717) is 47.0 Å². The number of carbonyl (C=O) groups excluding carboxylic acids is 1. The van der Waals surface area contributed by atoms with E-state index < -0.39 is 27.4 Å². The van der Waals surface area contributed by atoms with Gasteiger partial charge in [0.2, 0.25) is 5.90 Å². The average molecular weight is 659 g/mol. The van der Waals surface area contributed by atoms with Gasteiger partial charge in [0.25, 0.3) is 5.91 Å². The quantitative estimate of drug-likeness (QED) is 0.173. The minimum Gasteiger partial charge on any atom is -0.494 e. The van der Waals surface area contributed by atoms with E-state index in [1.165, 1.54) is 26.4 Å². The van der Waals surface area contributed by atoms with Crippen molar-refractivity contribution in [1.82, 2.24) is 5.32 Å². The molecule has 0 unspecified atom stereocenters. The number of hydrogen-bond donors (Lipinski definition) is 2. The summed E-state index contributed by atoms with van der Waals surface area (Å²) in [5, 5.41) is 12.1. The third kappa shape index (κ3) is 7.58. The Hall–Kier alpha value is -4.87. The Morgan fingerprint density at radius 3 is 2.28 bits per heavy atom. The molecule has 0 bridgehead atoms. The van der Waals surface area contributed by atoms with Crippen molar-refractivity contribution < 1.29 is 37.3 Å². The Morgan fingerprint density at radius 2 is 1.62 bits per heavy atom. The summed E-state index contributed by atoms with van der Waals surface area (Å²) in [6.07, 6.45) is -0.588. The topological polar surface area (TPSA) is 133 Å². The number of sulfone groups is 1. The van der Waals surface area contributed by atoms with Gasteiger partial charge in [-0.1, -0.05) is 60.7 Å². The number of amides is 1. The van der Waals surface area contributed by atoms with Gasteiger partial charge in [0.15, 0.2) is 33.0 Å². The first-order valence-electron chi connectivity index (χ1n) is 15.2. The van der Waals surface area contributed by atoms with E-state index in [0.717, 1.165) is 0 Å². The number of hydrogen-bond acceptors (Lipinski definition) is 9. The molecular formula is C36H38N2O8S. The molecule has 0 radical (unpaired) electrons. The Bertz CT molecular complexity index is 1780. The summed E-state index contributed by atoms with van der Waals surface area (Å²) >= 11 is 0. The number of nitrogens with one attached hydrogen (secondary N) is 1. The van der Waals surface area contributed by atoms with Crippen LogP contribution in [0.1, 0.15) is 35.6 Å². The third-order valence-electron chi connectivity index (χ3n) is 7.91. The number of rotatable bonds is 15. The molecule has 10 nitrogen and oxygen atoms in total. The molecule has 0 saturated heterocycles. The molecular weight excluding hydrogens is 620 g/mol. The number of aliphatic hydroxyl groups excluding tert-OH is 1. The number of aliphatic imine (C=N–C) groups is 1. The van der Waals surface area contributed by atoms with Crippen LogP contribution in [0.3, 0.4) is 0 Å². The van der Waals surface area contributed by atoms with Gasteiger partial charge in [0.05, 0.1) is 31.5 Å². The van der Waals surface area contributed by atoms with Crippen molar-refractivity contribution in [3.63, 3.8) is 0 Å². The van der Waals surface area contributed by atoms with E-state index in [1.54, 1.807) is 54.6 Å². The van der Waals surface area contributed by atoms with Crippen LogP contribution in [-0.4, -0.2) is 64.1 Å². The smallest absolute Gasteiger partial charge is 0.252 e. The lowest BCUT2D eigenvalue weighted by atomic mass is 9.85. The van der Waals surface area contributed by atoms with Gasteiger partial charge in [-0.25, -0.2) is 13.4 Å². The minimum atomic E-state index is -3.79. The maximum atomic E-state index is 14.5. The van der Waals surface area contributed by atoms with E-state index in [2.05, 4.69) is 5.32 Å². The molecule has 4 aromatic rings. The highest BCUT2D eigenvalue weighted by molar-refractivity contribution is 7.91. The fourth-order valence-corrected chi connectivity index (χ4v) is 6.84. The lowest BCUT2D eigenvalue weighted by molar-refractivity contribution is -0.129. The first kappa shape index (κ1) is 33.5. The number of nitrogens with zero attached hydrogens (tertiary/aromatic N) is 1. The lowest BCUT2D eigenvalue weighted by Crippen LogP contribution is -2.49. The Kier molecular flexibility index (Phi) is 10.8. The summed E-state index contributed by atoms with van der Waals surface area (Å²) in [5.74, 6) is 0.937. The fourth-order valence-electron chi connectivity index (χ4n) is 5.46. The monoisotopic (exact) mass is 658 g/mol. The lowest BCUT2D eigenvalue weighted by Gasteiger charge is -2.30. The van der Waals surface area contributed by atoms with Crippen molar-refractivity contribution in [2.45, 2.75) is 35.9 Å². The molecule has 2 N–H and O–H groups in total. The zero-order valence-electron chi connectivity index (χ0n) is 26.3. The number of methoxy groups -OCH3 is 2. The molecule has 1 heterocycles. The first-order chi connectivity index (χ1) is 22.8. The fraction of sp³-hybridized carbons (Fsp3) is 0.278. The van der Waals surface area contributed by atoms with Crippen molar-refractivity contribution >= 4 is 21.6 Å². The first-order valence-corrected chi connectivity index (χ1v) is 16.9. The molecule has 0 aliphatic carbocycles. The summed E-state index contributed by atoms with van der Waals surface area (Å²) in [4.78, 5) is 19.6. The summed E-state index contributed by atoms with van der Waals surface area (Å²) < 4.78 is 50.2. The van der Waals surface area contributed by atoms with Gasteiger partial charge in [-0.15, -0.1) is 0 Å². The molecule has 2 atom stereocenters. The summed E-state index contributed by atoms with van der Waals surface area (Å²) in [7, 11) is -0.729. The van der Waals surface area contributed by atoms with E-state index >= 15 is 0 Å². The maximum Gasteiger partial charge on any atom is 0.252 e. The summed E-state index contributed by atoms with van der Waals surface area (Å²) in [6, 6.07) is 29.7. The number of carbonyl (C=O) groups is 1. The highest BCUT2D eigenvalue weighted by atomic mass is 32.2. The van der Waals surface area contributed by atoms with Gasteiger partial charge in [-0.05, 0) is 48.0 Å². The van der Waals surface area contributed by atoms with Crippen LogP contribution in [0.2, 0.25) is 0 Å². The Balaban J connectivity index is 1.55. The second kappa shape index (κ2) is 15.1. The molecule has 1 amide bonds. The van der Waals surface area contributed by atoms with Crippen LogP contribution in [0, 0.1) is 0 Å². The van der Waals surface area contributed by atoms with Crippen molar-refractivity contribution in [1.29, 1.82) is 0 Å². The largest absolute Gasteiger partial charge is 0.494 e. The molecule has 11 heteroatoms. The zero-order chi connectivity index (χ0) is 33.3. The van der Waals surface area contributed by atoms with Gasteiger partial charge < -0.3 is 29.4 Å². The van der Waals surface area contributed by atoms with Crippen LogP contribution in [0.15, 0.2) is 113 Å². The highest BCUT2D eigenvalue weighted by Gasteiger charge is 2.53. The van der Waals surface area contributed by atoms with Crippen molar-refractivity contribution in [3.05, 3.63) is 120 Å². The summed E-state index contributed by atoms with van der Waals surface area (Å²) in [5.41, 5.74) is 0.279. The van der Waals surface area contributed by atoms with Crippen LogP contribution in [-0.2, 0) is 25.9 Å². The number of ether oxygens (including phenoxy) is 4. The van der Waals surface area contributed by atoms with Crippen molar-refractivity contribution in [2.75, 3.05) is 33.2 Å². The van der Waals surface area contributed by atoms with Crippen LogP contribution in [0.25, 0.3) is 0 Å². The predicted molar refractivity (Wildman–Crippen MR) is 178 cm³/mol. The molecule has 47 heavy (non-hydrogen) atoms. The van der Waals surface area contributed by atoms with Crippen molar-refractivity contribution in [3.8, 4) is 17.2 Å². The van der Waals surface area contributed by atoms with Crippen molar-refractivity contribution in [2.24, 2.45) is 4.99 Å². The standard InChI is InChI=1S/C36H38N2O8S/c1-43-31-16-9-13-28(32(31)44-2)25-37-35(40)36(21-24-47(41,42)30-14-7-4-8-15-30)33(26-11-5-3-6-12-26)46-34(38-36)27-17-19-29(20-18-27)45-23-10-22-39/h3-9,11-20,33,39H,10,21-25H2,1-2H3,(H,37,40)/t33-,36-/m1/s1. The van der Waals surface area contributed by atoms with E-state index in [9.17, 15) is 13.2 Å².